The van der Waals surface area contributed by atoms with Crippen molar-refractivity contribution in [3.05, 3.63) is 59.8 Å². The first kappa shape index (κ1) is 18.4. The molecule has 1 N–H and O–H groups in total. The van der Waals surface area contributed by atoms with E-state index in [0.29, 0.717) is 37.1 Å². The molecule has 5 nitrogen and oxygen atoms in total. The molecule has 0 spiro atoms. The minimum Gasteiger partial charge on any atom is -0.477 e. The van der Waals surface area contributed by atoms with E-state index in [0.717, 1.165) is 12.0 Å². The molecule has 1 atom stereocenters. The third-order valence-corrected chi connectivity index (χ3v) is 4.88. The van der Waals surface area contributed by atoms with Crippen molar-refractivity contribution in [3.8, 4) is 5.88 Å². The second kappa shape index (κ2) is 7.87. The van der Waals surface area contributed by atoms with Crippen LogP contribution in [0.15, 0.2) is 48.7 Å². The zero-order chi connectivity index (χ0) is 18.6. The average Bonchev–Trinajstić information content (AvgIpc) is 3.13. The minimum absolute atomic E-state index is 0.0184. The molecule has 3 rings (SSSR count). The van der Waals surface area contributed by atoms with Gasteiger partial charge in [0.2, 0.25) is 5.88 Å². The van der Waals surface area contributed by atoms with Gasteiger partial charge in [0, 0.05) is 24.7 Å². The van der Waals surface area contributed by atoms with Crippen molar-refractivity contribution in [2.45, 2.75) is 25.7 Å². The van der Waals surface area contributed by atoms with E-state index in [1.54, 1.807) is 23.2 Å². The fourth-order valence-electron chi connectivity index (χ4n) is 3.38. The van der Waals surface area contributed by atoms with Crippen molar-refractivity contribution in [3.63, 3.8) is 0 Å². The molecule has 1 aromatic heterocycles. The Labute approximate surface area is 154 Å². The summed E-state index contributed by atoms with van der Waals surface area (Å²) in [6, 6.07) is 13.4. The van der Waals surface area contributed by atoms with Gasteiger partial charge in [0.25, 0.3) is 5.91 Å². The molecule has 1 saturated heterocycles. The van der Waals surface area contributed by atoms with E-state index in [4.69, 9.17) is 4.74 Å². The van der Waals surface area contributed by atoms with Crippen molar-refractivity contribution in [2.75, 3.05) is 26.3 Å². The molecule has 1 aliphatic heterocycles. The van der Waals surface area contributed by atoms with Crippen molar-refractivity contribution in [2.24, 2.45) is 5.92 Å². The Morgan fingerprint density at radius 3 is 2.73 bits per heavy atom. The molecule has 5 heteroatoms. The van der Waals surface area contributed by atoms with Crippen LogP contribution < -0.4 is 4.74 Å². The van der Waals surface area contributed by atoms with Crippen molar-refractivity contribution in [1.82, 2.24) is 9.88 Å². The van der Waals surface area contributed by atoms with Gasteiger partial charge < -0.3 is 14.7 Å². The first-order valence-electron chi connectivity index (χ1n) is 9.09. The molecule has 1 aromatic carbocycles. The summed E-state index contributed by atoms with van der Waals surface area (Å²) in [4.78, 5) is 19.1. The summed E-state index contributed by atoms with van der Waals surface area (Å²) >= 11 is 0. The smallest absolute Gasteiger partial charge is 0.259 e. The Bertz CT molecular complexity index is 748. The van der Waals surface area contributed by atoms with E-state index >= 15 is 0 Å². The topological polar surface area (TPSA) is 62.7 Å². The maximum absolute atomic E-state index is 13.1. The summed E-state index contributed by atoms with van der Waals surface area (Å²) in [5, 5.41) is 10.1. The Kier molecular flexibility index (Phi) is 5.57. The predicted octanol–water partition coefficient (Wildman–Crippen LogP) is 2.89. The maximum atomic E-state index is 13.1. The number of ether oxygens (including phenoxy) is 1. The average molecular weight is 354 g/mol. The zero-order valence-corrected chi connectivity index (χ0v) is 15.4. The number of nitrogens with zero attached hydrogens (tertiary/aromatic N) is 2. The number of carbonyl (C=O) groups is 1. The van der Waals surface area contributed by atoms with E-state index < -0.39 is 5.41 Å². The molecular weight excluding hydrogens is 328 g/mol. The van der Waals surface area contributed by atoms with E-state index in [1.165, 1.54) is 0 Å². The van der Waals surface area contributed by atoms with E-state index in [1.807, 2.05) is 30.3 Å². The molecule has 1 unspecified atom stereocenters. The van der Waals surface area contributed by atoms with Crippen LogP contribution in [0.1, 0.15) is 36.2 Å². The van der Waals surface area contributed by atoms with Crippen LogP contribution in [0.25, 0.3) is 0 Å². The summed E-state index contributed by atoms with van der Waals surface area (Å²) in [7, 11) is 0. The SMILES string of the molecule is CC(C)COc1ncccc1C(=O)N1CCC(CO)(c2ccccc2)C1. The van der Waals surface area contributed by atoms with Gasteiger partial charge in [0.15, 0.2) is 0 Å². The number of amides is 1. The number of aliphatic hydroxyl groups is 1. The molecule has 2 aromatic rings. The van der Waals surface area contributed by atoms with Gasteiger partial charge in [-0.1, -0.05) is 44.2 Å². The van der Waals surface area contributed by atoms with Crippen molar-refractivity contribution < 1.29 is 14.6 Å². The molecule has 138 valence electrons. The third kappa shape index (κ3) is 3.73. The van der Waals surface area contributed by atoms with Gasteiger partial charge in [-0.3, -0.25) is 4.79 Å². The number of hydrogen-bond donors (Lipinski definition) is 1. The molecule has 2 heterocycles. The predicted molar refractivity (Wildman–Crippen MR) is 100 cm³/mol. The van der Waals surface area contributed by atoms with Crippen LogP contribution in [-0.4, -0.2) is 47.2 Å². The van der Waals surface area contributed by atoms with Crippen LogP contribution in [0.2, 0.25) is 0 Å². The standard InChI is InChI=1S/C21H26N2O3/c1-16(2)13-26-19-18(9-6-11-22-19)20(25)23-12-10-21(14-23,15-24)17-7-4-3-5-8-17/h3-9,11,16,24H,10,12-15H2,1-2H3. The summed E-state index contributed by atoms with van der Waals surface area (Å²) in [5.41, 5.74) is 1.15. The summed E-state index contributed by atoms with van der Waals surface area (Å²) < 4.78 is 5.73. The number of benzene rings is 1. The lowest BCUT2D eigenvalue weighted by Gasteiger charge is -2.28. The number of aliphatic hydroxyl groups excluding tert-OH is 1. The molecule has 0 radical (unpaired) electrons. The molecular formula is C21H26N2O3. The highest BCUT2D eigenvalue weighted by Crippen LogP contribution is 2.35. The largest absolute Gasteiger partial charge is 0.477 e. The van der Waals surface area contributed by atoms with Crippen LogP contribution in [0, 0.1) is 5.92 Å². The van der Waals surface area contributed by atoms with Crippen molar-refractivity contribution >= 4 is 5.91 Å². The Morgan fingerprint density at radius 1 is 1.27 bits per heavy atom. The number of hydrogen-bond acceptors (Lipinski definition) is 4. The van der Waals surface area contributed by atoms with E-state index in [-0.39, 0.29) is 12.5 Å². The second-order valence-electron chi connectivity index (χ2n) is 7.34. The Morgan fingerprint density at radius 2 is 2.04 bits per heavy atom. The minimum atomic E-state index is -0.405. The van der Waals surface area contributed by atoms with E-state index in [2.05, 4.69) is 18.8 Å². The maximum Gasteiger partial charge on any atom is 0.259 e. The number of rotatable bonds is 6. The molecule has 26 heavy (non-hydrogen) atoms. The number of likely N-dealkylation sites (tertiary alicyclic amines) is 1. The van der Waals surface area contributed by atoms with Gasteiger partial charge in [-0.15, -0.1) is 0 Å². The lowest BCUT2D eigenvalue weighted by atomic mass is 9.80. The Hall–Kier alpha value is -2.40. The van der Waals surface area contributed by atoms with Crippen LogP contribution in [0.5, 0.6) is 5.88 Å². The lowest BCUT2D eigenvalue weighted by Crippen LogP contribution is -2.37. The summed E-state index contributed by atoms with van der Waals surface area (Å²) in [6.07, 6.45) is 2.38. The first-order chi connectivity index (χ1) is 12.6. The van der Waals surface area contributed by atoms with Crippen LogP contribution >= 0.6 is 0 Å². The highest BCUT2D eigenvalue weighted by Gasteiger charge is 2.41. The summed E-state index contributed by atoms with van der Waals surface area (Å²) in [5.74, 6) is 0.641. The first-order valence-corrected chi connectivity index (χ1v) is 9.09. The van der Waals surface area contributed by atoms with Crippen LogP contribution in [0.3, 0.4) is 0 Å². The van der Waals surface area contributed by atoms with Gasteiger partial charge in [0.1, 0.15) is 5.56 Å². The fraction of sp³-hybridized carbons (Fsp3) is 0.429. The summed E-state index contributed by atoms with van der Waals surface area (Å²) in [6.45, 7) is 5.74. The van der Waals surface area contributed by atoms with Crippen molar-refractivity contribution in [1.29, 1.82) is 0 Å². The highest BCUT2D eigenvalue weighted by molar-refractivity contribution is 5.96. The monoisotopic (exact) mass is 354 g/mol. The molecule has 1 amide bonds. The fourth-order valence-corrected chi connectivity index (χ4v) is 3.38. The molecule has 1 aliphatic rings. The lowest BCUT2D eigenvalue weighted by molar-refractivity contribution is 0.0767. The highest BCUT2D eigenvalue weighted by atomic mass is 16.5. The normalized spacial score (nSPS) is 19.8. The Balaban J connectivity index is 1.80. The quantitative estimate of drug-likeness (QED) is 0.866. The van der Waals surface area contributed by atoms with Gasteiger partial charge in [-0.25, -0.2) is 4.98 Å². The van der Waals surface area contributed by atoms with Crippen LogP contribution in [-0.2, 0) is 5.41 Å². The number of pyridine rings is 1. The van der Waals surface area contributed by atoms with Gasteiger partial charge in [-0.2, -0.15) is 0 Å². The molecule has 0 saturated carbocycles. The van der Waals surface area contributed by atoms with Crippen LogP contribution in [0.4, 0.5) is 0 Å². The van der Waals surface area contributed by atoms with Gasteiger partial charge in [0.05, 0.1) is 13.2 Å². The van der Waals surface area contributed by atoms with E-state index in [9.17, 15) is 9.90 Å². The molecule has 1 fully saturated rings. The third-order valence-electron chi connectivity index (χ3n) is 4.88. The number of aromatic nitrogens is 1. The second-order valence-corrected chi connectivity index (χ2v) is 7.34. The van der Waals surface area contributed by atoms with Gasteiger partial charge >= 0.3 is 0 Å². The molecule has 0 aliphatic carbocycles. The zero-order valence-electron chi connectivity index (χ0n) is 15.4. The molecule has 0 bridgehead atoms. The number of carbonyl (C=O) groups excluding carboxylic acids is 1. The van der Waals surface area contributed by atoms with Gasteiger partial charge in [-0.05, 0) is 30.0 Å².